The third-order valence-electron chi connectivity index (χ3n) is 5.79. The molecule has 5 rings (SSSR count). The van der Waals surface area contributed by atoms with Gasteiger partial charge in [0.15, 0.2) is 5.82 Å². The molecule has 0 saturated carbocycles. The smallest absolute Gasteiger partial charge is 0.337 e. The molecule has 2 aliphatic rings. The van der Waals surface area contributed by atoms with Crippen LogP contribution in [0.15, 0.2) is 42.6 Å². The fourth-order valence-electron chi connectivity index (χ4n) is 4.12. The van der Waals surface area contributed by atoms with Crippen LogP contribution < -0.4 is 5.32 Å². The lowest BCUT2D eigenvalue weighted by molar-refractivity contribution is -0.136. The average molecular weight is 430 g/mol. The number of imide groups is 1. The molecule has 2 aromatic carbocycles. The van der Waals surface area contributed by atoms with Gasteiger partial charge in [0.1, 0.15) is 6.04 Å². The number of carbonyl (C=O) groups excluding carboxylic acids is 4. The van der Waals surface area contributed by atoms with E-state index in [0.717, 1.165) is 10.9 Å². The van der Waals surface area contributed by atoms with Crippen LogP contribution in [0.2, 0.25) is 0 Å². The van der Waals surface area contributed by atoms with Crippen LogP contribution in [0.25, 0.3) is 22.3 Å². The highest BCUT2D eigenvalue weighted by Gasteiger charge is 2.39. The van der Waals surface area contributed by atoms with E-state index in [0.29, 0.717) is 34.5 Å². The van der Waals surface area contributed by atoms with Gasteiger partial charge in [-0.05, 0) is 36.2 Å². The maximum atomic E-state index is 12.9. The number of benzene rings is 2. The zero-order valence-electron chi connectivity index (χ0n) is 17.1. The van der Waals surface area contributed by atoms with Gasteiger partial charge in [0.2, 0.25) is 11.8 Å². The summed E-state index contributed by atoms with van der Waals surface area (Å²) in [4.78, 5) is 58.8. The molecule has 0 radical (unpaired) electrons. The molecule has 0 spiro atoms. The van der Waals surface area contributed by atoms with Crippen molar-refractivity contribution < 1.29 is 23.9 Å². The molecule has 9 nitrogen and oxygen atoms in total. The van der Waals surface area contributed by atoms with E-state index in [9.17, 15) is 19.2 Å². The highest BCUT2D eigenvalue weighted by molar-refractivity contribution is 6.05. The Bertz CT molecular complexity index is 1320. The Balaban J connectivity index is 1.46. The number of nitrogens with one attached hydrogen (secondary N) is 1. The molecular formula is C23H18N4O5. The van der Waals surface area contributed by atoms with Crippen molar-refractivity contribution >= 4 is 34.6 Å². The second-order valence-corrected chi connectivity index (χ2v) is 7.73. The highest BCUT2D eigenvalue weighted by atomic mass is 16.5. The number of piperidine rings is 1. The molecule has 0 bridgehead atoms. The molecule has 1 aromatic heterocycles. The predicted octanol–water partition coefficient (Wildman–Crippen LogP) is 1.84. The summed E-state index contributed by atoms with van der Waals surface area (Å²) in [5.74, 6) is -0.988. The Morgan fingerprint density at radius 1 is 1.16 bits per heavy atom. The van der Waals surface area contributed by atoms with Gasteiger partial charge in [-0.15, -0.1) is 0 Å². The Morgan fingerprint density at radius 3 is 2.78 bits per heavy atom. The summed E-state index contributed by atoms with van der Waals surface area (Å²) < 4.78 is 4.77. The Morgan fingerprint density at radius 2 is 2.00 bits per heavy atom. The monoisotopic (exact) mass is 430 g/mol. The van der Waals surface area contributed by atoms with Crippen LogP contribution in [0, 0.1) is 0 Å². The van der Waals surface area contributed by atoms with E-state index in [1.807, 2.05) is 6.07 Å². The fraction of sp³-hybridized carbons (Fsp3) is 0.217. The predicted molar refractivity (Wildman–Crippen MR) is 112 cm³/mol. The van der Waals surface area contributed by atoms with Gasteiger partial charge in [-0.3, -0.25) is 19.7 Å². The minimum Gasteiger partial charge on any atom is -0.465 e. The van der Waals surface area contributed by atoms with Crippen LogP contribution in [-0.2, 0) is 20.9 Å². The molecular weight excluding hydrogens is 412 g/mol. The molecule has 2 aliphatic heterocycles. The molecule has 1 atom stereocenters. The van der Waals surface area contributed by atoms with Gasteiger partial charge in [0.05, 0.1) is 18.2 Å². The first-order valence-corrected chi connectivity index (χ1v) is 10.1. The van der Waals surface area contributed by atoms with Crippen molar-refractivity contribution in [3.63, 3.8) is 0 Å². The maximum Gasteiger partial charge on any atom is 0.337 e. The Hall–Kier alpha value is -4.14. The van der Waals surface area contributed by atoms with Crippen molar-refractivity contribution in [2.75, 3.05) is 7.11 Å². The first-order chi connectivity index (χ1) is 15.4. The minimum absolute atomic E-state index is 0.209. The van der Waals surface area contributed by atoms with Crippen molar-refractivity contribution in [3.8, 4) is 11.4 Å². The van der Waals surface area contributed by atoms with Gasteiger partial charge < -0.3 is 9.64 Å². The molecule has 160 valence electrons. The van der Waals surface area contributed by atoms with Crippen LogP contribution in [0.1, 0.15) is 39.1 Å². The van der Waals surface area contributed by atoms with Gasteiger partial charge in [-0.25, -0.2) is 14.8 Å². The van der Waals surface area contributed by atoms with Crippen LogP contribution >= 0.6 is 0 Å². The highest BCUT2D eigenvalue weighted by Crippen LogP contribution is 2.30. The van der Waals surface area contributed by atoms with E-state index < -0.39 is 17.9 Å². The number of amides is 3. The number of ether oxygens (including phenoxy) is 1. The van der Waals surface area contributed by atoms with Crippen molar-refractivity contribution in [1.29, 1.82) is 0 Å². The molecule has 3 aromatic rings. The lowest BCUT2D eigenvalue weighted by atomic mass is 10.0. The summed E-state index contributed by atoms with van der Waals surface area (Å²) in [6, 6.07) is 9.70. The van der Waals surface area contributed by atoms with Gasteiger partial charge in [0, 0.05) is 35.7 Å². The Labute approximate surface area is 182 Å². The minimum atomic E-state index is -0.662. The number of hydrogen-bond donors (Lipinski definition) is 1. The van der Waals surface area contributed by atoms with Crippen molar-refractivity contribution in [3.05, 3.63) is 59.3 Å². The molecule has 3 amide bonds. The number of methoxy groups -OCH3 is 1. The lowest BCUT2D eigenvalue weighted by Gasteiger charge is -2.29. The molecule has 3 heterocycles. The first-order valence-electron chi connectivity index (χ1n) is 10.1. The van der Waals surface area contributed by atoms with Gasteiger partial charge in [-0.1, -0.05) is 12.1 Å². The lowest BCUT2D eigenvalue weighted by Crippen LogP contribution is -2.52. The van der Waals surface area contributed by atoms with E-state index in [1.54, 1.807) is 36.5 Å². The molecule has 1 fully saturated rings. The Kier molecular flexibility index (Phi) is 4.66. The third kappa shape index (κ3) is 3.27. The second kappa shape index (κ2) is 7.52. The number of rotatable bonds is 3. The van der Waals surface area contributed by atoms with E-state index >= 15 is 0 Å². The molecule has 1 saturated heterocycles. The van der Waals surface area contributed by atoms with Crippen LogP contribution in [0.4, 0.5) is 0 Å². The standard InChI is InChI=1S/C23H18N4O5/c1-32-23(31)13-2-3-14-10-24-20(25-17(14)9-13)12-4-5-16-15(8-12)11-27(22(16)30)18-6-7-19(28)26-21(18)29/h2-5,8-10,18H,6-7,11H2,1H3,(H,26,28,29). The summed E-state index contributed by atoms with van der Waals surface area (Å²) >= 11 is 0. The van der Waals surface area contributed by atoms with Crippen LogP contribution in [0.3, 0.4) is 0 Å². The molecule has 1 unspecified atom stereocenters. The number of hydrogen-bond acceptors (Lipinski definition) is 7. The van der Waals surface area contributed by atoms with E-state index in [4.69, 9.17) is 4.74 Å². The summed E-state index contributed by atoms with van der Waals surface area (Å²) in [6.45, 7) is 0.272. The quantitative estimate of drug-likeness (QED) is 0.497. The fourth-order valence-corrected chi connectivity index (χ4v) is 4.12. The van der Waals surface area contributed by atoms with Crippen LogP contribution in [0.5, 0.6) is 0 Å². The topological polar surface area (TPSA) is 119 Å². The molecule has 0 aliphatic carbocycles. The van der Waals surface area contributed by atoms with Crippen molar-refractivity contribution in [2.24, 2.45) is 0 Å². The summed E-state index contributed by atoms with van der Waals surface area (Å²) in [5.41, 5.74) is 2.99. The van der Waals surface area contributed by atoms with Crippen molar-refractivity contribution in [2.45, 2.75) is 25.4 Å². The zero-order chi connectivity index (χ0) is 22.4. The second-order valence-electron chi connectivity index (χ2n) is 7.73. The molecule has 1 N–H and O–H groups in total. The number of carbonyl (C=O) groups is 4. The zero-order valence-corrected chi connectivity index (χ0v) is 17.1. The van der Waals surface area contributed by atoms with E-state index in [-0.39, 0.29) is 24.8 Å². The third-order valence-corrected chi connectivity index (χ3v) is 5.79. The van der Waals surface area contributed by atoms with Crippen molar-refractivity contribution in [1.82, 2.24) is 20.2 Å². The average Bonchev–Trinajstić information content (AvgIpc) is 3.13. The van der Waals surface area contributed by atoms with E-state index in [1.165, 1.54) is 12.0 Å². The largest absolute Gasteiger partial charge is 0.465 e. The number of esters is 1. The van der Waals surface area contributed by atoms with Gasteiger partial charge >= 0.3 is 5.97 Å². The van der Waals surface area contributed by atoms with E-state index in [2.05, 4.69) is 15.3 Å². The van der Waals surface area contributed by atoms with Crippen LogP contribution in [-0.4, -0.2) is 51.7 Å². The first kappa shape index (κ1) is 19.8. The summed E-state index contributed by atoms with van der Waals surface area (Å²) in [6.07, 6.45) is 2.20. The summed E-state index contributed by atoms with van der Waals surface area (Å²) in [5, 5.41) is 3.08. The van der Waals surface area contributed by atoms with Gasteiger partial charge in [0.25, 0.3) is 5.91 Å². The molecule has 9 heteroatoms. The number of aromatic nitrogens is 2. The number of fused-ring (bicyclic) bond motifs is 2. The molecule has 32 heavy (non-hydrogen) atoms. The number of nitrogens with zero attached hydrogens (tertiary/aromatic N) is 3. The van der Waals surface area contributed by atoms with Gasteiger partial charge in [-0.2, -0.15) is 0 Å². The SMILES string of the molecule is COC(=O)c1ccc2cnc(-c3ccc4c(c3)CN(C3CCC(=O)NC3=O)C4=O)nc2c1. The normalized spacial score (nSPS) is 18.0. The maximum absolute atomic E-state index is 12.9. The summed E-state index contributed by atoms with van der Waals surface area (Å²) in [7, 11) is 1.32.